The second kappa shape index (κ2) is 5.00. The van der Waals surface area contributed by atoms with Gasteiger partial charge < -0.3 is 4.74 Å². The highest BCUT2D eigenvalue weighted by Gasteiger charge is 2.12. The Morgan fingerprint density at radius 1 is 1.47 bits per heavy atom. The predicted molar refractivity (Wildman–Crippen MR) is 58.7 cm³/mol. The van der Waals surface area contributed by atoms with Crippen molar-refractivity contribution in [1.29, 1.82) is 0 Å². The monoisotopic (exact) mass is 250 g/mol. The largest absolute Gasteiger partial charge is 0.465 e. The lowest BCUT2D eigenvalue weighted by Crippen LogP contribution is -2.15. The van der Waals surface area contributed by atoms with Gasteiger partial charge in [0.05, 0.1) is 11.5 Å². The quantitative estimate of drug-likeness (QED) is 0.483. The van der Waals surface area contributed by atoms with Crippen LogP contribution in [0.25, 0.3) is 10.8 Å². The van der Waals surface area contributed by atoms with Crippen molar-refractivity contribution in [2.75, 3.05) is 6.61 Å². The second-order valence-corrected chi connectivity index (χ2v) is 3.90. The smallest absolute Gasteiger partial charge is 0.329 e. The van der Waals surface area contributed by atoms with E-state index in [9.17, 15) is 4.79 Å². The van der Waals surface area contributed by atoms with E-state index in [1.807, 2.05) is 0 Å². The average molecular weight is 250 g/mol. The number of aromatic nitrogens is 6. The highest BCUT2D eigenvalue weighted by atomic mass is 32.1. The lowest BCUT2D eigenvalue weighted by atomic mass is 10.2. The van der Waals surface area contributed by atoms with Crippen molar-refractivity contribution in [2.24, 2.45) is 0 Å². The van der Waals surface area contributed by atoms with Crippen LogP contribution in [-0.4, -0.2) is 50.8 Å². The Labute approximate surface area is 101 Å². The number of hydrogen-bond donors (Lipinski definition) is 0. The van der Waals surface area contributed by atoms with E-state index in [4.69, 9.17) is 12.6 Å². The summed E-state index contributed by atoms with van der Waals surface area (Å²) in [4.78, 5) is 12.6. The van der Waals surface area contributed by atoms with Crippen molar-refractivity contribution < 1.29 is 9.53 Å². The van der Waals surface area contributed by atoms with Gasteiger partial charge in [0.2, 0.25) is 5.82 Å². The first-order chi connectivity index (χ1) is 8.19. The van der Waals surface area contributed by atoms with E-state index in [0.717, 1.165) is 16.1 Å². The Morgan fingerprint density at radius 3 is 2.94 bits per heavy atom. The first-order valence-electron chi connectivity index (χ1n) is 4.72. The SMILES string of the molecule is [B]c1nnc(-c2nnn(CC(=O)OCC)n2)s1. The molecule has 0 bridgehead atoms. The highest BCUT2D eigenvalue weighted by Crippen LogP contribution is 2.12. The zero-order chi connectivity index (χ0) is 12.3. The fourth-order valence-corrected chi connectivity index (χ4v) is 1.58. The second-order valence-electron chi connectivity index (χ2n) is 2.89. The molecule has 0 aromatic carbocycles. The molecule has 0 aliphatic rings. The molecule has 0 aliphatic carbocycles. The molecular formula is C7H7BN6O2S. The van der Waals surface area contributed by atoms with Gasteiger partial charge in [0, 0.05) is 0 Å². The number of esters is 1. The Balaban J connectivity index is 2.08. The van der Waals surface area contributed by atoms with Gasteiger partial charge in [-0.1, -0.05) is 0 Å². The molecule has 2 aromatic rings. The van der Waals surface area contributed by atoms with Crippen LogP contribution >= 0.6 is 11.3 Å². The maximum Gasteiger partial charge on any atom is 0.329 e. The topological polar surface area (TPSA) is 95.7 Å². The lowest BCUT2D eigenvalue weighted by molar-refractivity contribution is -0.144. The van der Waals surface area contributed by atoms with Crippen molar-refractivity contribution >= 4 is 30.1 Å². The zero-order valence-corrected chi connectivity index (χ0v) is 9.72. The summed E-state index contributed by atoms with van der Waals surface area (Å²) in [5.74, 6) is -0.142. The van der Waals surface area contributed by atoms with Gasteiger partial charge >= 0.3 is 5.97 Å². The fourth-order valence-electron chi connectivity index (χ4n) is 1.04. The third kappa shape index (κ3) is 2.84. The zero-order valence-electron chi connectivity index (χ0n) is 8.90. The molecule has 0 atom stereocenters. The molecule has 0 unspecified atom stereocenters. The van der Waals surface area contributed by atoms with Crippen LogP contribution in [0.5, 0.6) is 0 Å². The van der Waals surface area contributed by atoms with E-state index < -0.39 is 5.97 Å². The van der Waals surface area contributed by atoms with E-state index in [1.54, 1.807) is 6.92 Å². The molecule has 0 amide bonds. The maximum absolute atomic E-state index is 11.2. The van der Waals surface area contributed by atoms with E-state index >= 15 is 0 Å². The standard InChI is InChI=1S/C7H7BN6O2S/c1-2-16-4(15)3-14-12-5(9-13-14)6-10-11-7(8)17-6/h2-3H2,1H3. The van der Waals surface area contributed by atoms with Gasteiger partial charge in [0.1, 0.15) is 0 Å². The molecule has 8 nitrogen and oxygen atoms in total. The summed E-state index contributed by atoms with van der Waals surface area (Å²) in [7, 11) is 5.43. The van der Waals surface area contributed by atoms with Gasteiger partial charge in [-0.3, -0.25) is 0 Å². The van der Waals surface area contributed by atoms with Crippen molar-refractivity contribution in [1.82, 2.24) is 30.4 Å². The summed E-state index contributed by atoms with van der Waals surface area (Å²) in [6.07, 6.45) is 0. The number of rotatable bonds is 4. The van der Waals surface area contributed by atoms with Crippen molar-refractivity contribution in [3.63, 3.8) is 0 Å². The van der Waals surface area contributed by atoms with Crippen LogP contribution in [0.3, 0.4) is 0 Å². The lowest BCUT2D eigenvalue weighted by Gasteiger charge is -1.98. The van der Waals surface area contributed by atoms with Gasteiger partial charge in [-0.05, 0) is 12.1 Å². The number of tetrazole rings is 1. The Kier molecular flexibility index (Phi) is 3.42. The Bertz CT molecular complexity index is 526. The maximum atomic E-state index is 11.2. The molecule has 0 N–H and O–H groups in total. The number of hydrogen-bond acceptors (Lipinski definition) is 8. The number of carbonyl (C=O) groups is 1. The van der Waals surface area contributed by atoms with Crippen LogP contribution in [0, 0.1) is 0 Å². The van der Waals surface area contributed by atoms with Gasteiger partial charge in [-0.15, -0.1) is 26.6 Å². The minimum atomic E-state index is -0.423. The predicted octanol–water partition coefficient (Wildman–Crippen LogP) is -1.45. The number of carbonyl (C=O) groups excluding carboxylic acids is 1. The van der Waals surface area contributed by atoms with Crippen LogP contribution < -0.4 is 4.91 Å². The summed E-state index contributed by atoms with van der Waals surface area (Å²) in [6.45, 7) is 1.95. The van der Waals surface area contributed by atoms with E-state index in [-0.39, 0.29) is 12.4 Å². The van der Waals surface area contributed by atoms with Gasteiger partial charge in [0.25, 0.3) is 0 Å². The average Bonchev–Trinajstić information content (AvgIpc) is 2.87. The van der Waals surface area contributed by atoms with Crippen LogP contribution in [0.2, 0.25) is 0 Å². The van der Waals surface area contributed by atoms with Gasteiger partial charge in [-0.25, -0.2) is 4.79 Å². The molecule has 0 spiro atoms. The summed E-state index contributed by atoms with van der Waals surface area (Å²) < 4.78 is 4.75. The van der Waals surface area contributed by atoms with Crippen LogP contribution in [-0.2, 0) is 16.1 Å². The molecular weight excluding hydrogens is 243 g/mol. The van der Waals surface area contributed by atoms with Crippen molar-refractivity contribution in [2.45, 2.75) is 13.5 Å². The first-order valence-corrected chi connectivity index (χ1v) is 5.53. The molecule has 2 rings (SSSR count). The molecule has 2 radical (unpaired) electrons. The molecule has 86 valence electrons. The van der Waals surface area contributed by atoms with Crippen LogP contribution in [0.4, 0.5) is 0 Å². The summed E-state index contributed by atoms with van der Waals surface area (Å²) in [6, 6.07) is 0. The molecule has 2 aromatic heterocycles. The third-order valence-electron chi connectivity index (χ3n) is 1.66. The highest BCUT2D eigenvalue weighted by molar-refractivity contribution is 7.21. The molecule has 2 heterocycles. The fraction of sp³-hybridized carbons (Fsp3) is 0.429. The molecule has 17 heavy (non-hydrogen) atoms. The minimum absolute atomic E-state index is 0.0882. The first kappa shape index (κ1) is 11.6. The minimum Gasteiger partial charge on any atom is -0.465 e. The molecule has 0 aliphatic heterocycles. The van der Waals surface area contributed by atoms with E-state index in [2.05, 4.69) is 25.6 Å². The van der Waals surface area contributed by atoms with Crippen molar-refractivity contribution in [3.05, 3.63) is 0 Å². The Morgan fingerprint density at radius 2 is 2.29 bits per heavy atom. The Hall–Kier alpha value is -1.84. The molecule has 10 heteroatoms. The summed E-state index contributed by atoms with van der Waals surface area (Å²) in [5, 5.41) is 19.2. The van der Waals surface area contributed by atoms with Gasteiger partial charge in [-0.2, -0.15) is 9.90 Å². The van der Waals surface area contributed by atoms with Crippen LogP contribution in [0.1, 0.15) is 6.92 Å². The summed E-state index contributed by atoms with van der Waals surface area (Å²) in [5.41, 5.74) is 0. The molecule has 0 saturated heterocycles. The molecule has 0 saturated carbocycles. The van der Waals surface area contributed by atoms with E-state index in [0.29, 0.717) is 16.5 Å². The number of ether oxygens (including phenoxy) is 1. The third-order valence-corrected chi connectivity index (χ3v) is 2.41. The van der Waals surface area contributed by atoms with E-state index in [1.165, 1.54) is 0 Å². The normalized spacial score (nSPS) is 10.4. The summed E-state index contributed by atoms with van der Waals surface area (Å²) >= 11 is 1.14. The molecule has 0 fully saturated rings. The number of nitrogens with zero attached hydrogens (tertiary/aromatic N) is 6. The van der Waals surface area contributed by atoms with Gasteiger partial charge in [0.15, 0.2) is 19.4 Å². The van der Waals surface area contributed by atoms with Crippen LogP contribution in [0.15, 0.2) is 0 Å². The van der Waals surface area contributed by atoms with Crippen molar-refractivity contribution in [3.8, 4) is 10.8 Å².